The Morgan fingerprint density at radius 2 is 2.11 bits per heavy atom. The Kier molecular flexibility index (Phi) is 4.52. The summed E-state index contributed by atoms with van der Waals surface area (Å²) in [5.74, 6) is 1.35. The molecule has 1 aliphatic heterocycles. The largest absolute Gasteiger partial charge is 0.489 e. The summed E-state index contributed by atoms with van der Waals surface area (Å²) in [4.78, 5) is 23.8. The van der Waals surface area contributed by atoms with Crippen molar-refractivity contribution < 1.29 is 9.53 Å². The number of ether oxygens (including phenoxy) is 1. The highest BCUT2D eigenvalue weighted by atomic mass is 16.5. The molecule has 28 heavy (non-hydrogen) atoms. The number of anilines is 1. The number of carbonyl (C=O) groups is 1. The minimum absolute atomic E-state index is 0.124. The van der Waals surface area contributed by atoms with Crippen molar-refractivity contribution in [3.05, 3.63) is 76.2 Å². The molecule has 3 aromatic rings. The Bertz CT molecular complexity index is 1090. The lowest BCUT2D eigenvalue weighted by Gasteiger charge is -2.25. The van der Waals surface area contributed by atoms with Gasteiger partial charge in [0.2, 0.25) is 5.91 Å². The van der Waals surface area contributed by atoms with Gasteiger partial charge in [-0.3, -0.25) is 9.59 Å². The highest BCUT2D eigenvalue weighted by Gasteiger charge is 2.34. The molecule has 0 aliphatic carbocycles. The molecule has 0 radical (unpaired) electrons. The molecule has 8 nitrogen and oxygen atoms in total. The van der Waals surface area contributed by atoms with Crippen LogP contribution < -0.4 is 15.6 Å². The SMILES string of the molecule is C=CCOc1ccccc1[C@@H]1CC(=O)Nc2c1c(C)nn2-c1ccc(=O)[nH]n1. The fourth-order valence-electron chi connectivity index (χ4n) is 3.48. The highest BCUT2D eigenvalue weighted by Crippen LogP contribution is 2.42. The third-order valence-electron chi connectivity index (χ3n) is 4.64. The van der Waals surface area contributed by atoms with Crippen LogP contribution in [-0.4, -0.2) is 32.5 Å². The molecule has 0 saturated carbocycles. The van der Waals surface area contributed by atoms with Crippen LogP contribution in [0.15, 0.2) is 53.8 Å². The topological polar surface area (TPSA) is 102 Å². The van der Waals surface area contributed by atoms with Crippen molar-refractivity contribution in [1.82, 2.24) is 20.0 Å². The number of aromatic nitrogens is 4. The zero-order valence-corrected chi connectivity index (χ0v) is 15.3. The first-order valence-corrected chi connectivity index (χ1v) is 8.86. The normalized spacial score (nSPS) is 15.6. The van der Waals surface area contributed by atoms with Gasteiger partial charge in [-0.1, -0.05) is 30.9 Å². The van der Waals surface area contributed by atoms with E-state index in [1.165, 1.54) is 10.7 Å². The number of aromatic amines is 1. The number of carbonyl (C=O) groups excluding carboxylic acids is 1. The highest BCUT2D eigenvalue weighted by molar-refractivity contribution is 5.95. The van der Waals surface area contributed by atoms with Crippen molar-refractivity contribution in [3.8, 4) is 11.6 Å². The first-order chi connectivity index (χ1) is 13.6. The summed E-state index contributed by atoms with van der Waals surface area (Å²) in [5, 5.41) is 13.9. The number of nitrogens with zero attached hydrogens (tertiary/aromatic N) is 3. The second-order valence-electron chi connectivity index (χ2n) is 6.48. The monoisotopic (exact) mass is 377 g/mol. The fourth-order valence-corrected chi connectivity index (χ4v) is 3.48. The van der Waals surface area contributed by atoms with Crippen LogP contribution >= 0.6 is 0 Å². The lowest BCUT2D eigenvalue weighted by Crippen LogP contribution is -2.25. The van der Waals surface area contributed by atoms with Crippen molar-refractivity contribution in [1.29, 1.82) is 0 Å². The number of nitrogens with one attached hydrogen (secondary N) is 2. The number of hydrogen-bond acceptors (Lipinski definition) is 5. The predicted octanol–water partition coefficient (Wildman–Crippen LogP) is 2.30. The van der Waals surface area contributed by atoms with E-state index in [0.717, 1.165) is 16.8 Å². The quantitative estimate of drug-likeness (QED) is 0.665. The van der Waals surface area contributed by atoms with Crippen molar-refractivity contribution in [2.45, 2.75) is 19.3 Å². The number of rotatable bonds is 5. The van der Waals surface area contributed by atoms with Crippen LogP contribution in [0.1, 0.15) is 29.2 Å². The summed E-state index contributed by atoms with van der Waals surface area (Å²) < 4.78 is 7.34. The van der Waals surface area contributed by atoms with Gasteiger partial charge in [-0.2, -0.15) is 14.9 Å². The number of hydrogen-bond donors (Lipinski definition) is 2. The standard InChI is InChI=1S/C20H19N5O3/c1-3-10-28-15-7-5-4-6-13(15)14-11-18(27)21-20-19(14)12(2)24-25(20)16-8-9-17(26)23-22-16/h3-9,14H,1,10-11H2,2H3,(H,21,27)(H,23,26)/t14-/m0/s1. The Morgan fingerprint density at radius 1 is 1.29 bits per heavy atom. The van der Waals surface area contributed by atoms with Crippen LogP contribution in [-0.2, 0) is 4.79 Å². The van der Waals surface area contributed by atoms with Gasteiger partial charge in [-0.05, 0) is 19.1 Å². The van der Waals surface area contributed by atoms with E-state index in [1.807, 2.05) is 31.2 Å². The van der Waals surface area contributed by atoms with E-state index < -0.39 is 0 Å². The van der Waals surface area contributed by atoms with Crippen molar-refractivity contribution in [2.75, 3.05) is 11.9 Å². The molecule has 1 aromatic carbocycles. The molecule has 0 spiro atoms. The van der Waals surface area contributed by atoms with Gasteiger partial charge < -0.3 is 10.1 Å². The van der Waals surface area contributed by atoms with E-state index in [9.17, 15) is 9.59 Å². The molecule has 0 unspecified atom stereocenters. The zero-order chi connectivity index (χ0) is 19.7. The summed E-state index contributed by atoms with van der Waals surface area (Å²) in [6.07, 6.45) is 1.97. The number of amides is 1. The van der Waals surface area contributed by atoms with Crippen LogP contribution in [0.25, 0.3) is 5.82 Å². The van der Waals surface area contributed by atoms with E-state index in [1.54, 1.807) is 12.1 Å². The molecule has 1 aliphatic rings. The maximum atomic E-state index is 12.5. The van der Waals surface area contributed by atoms with Crippen molar-refractivity contribution in [2.24, 2.45) is 0 Å². The molecule has 0 fully saturated rings. The van der Waals surface area contributed by atoms with Crippen LogP contribution in [0.5, 0.6) is 5.75 Å². The van der Waals surface area contributed by atoms with Crippen LogP contribution in [0, 0.1) is 6.92 Å². The maximum absolute atomic E-state index is 12.5. The zero-order valence-electron chi connectivity index (χ0n) is 15.3. The molecule has 3 heterocycles. The smallest absolute Gasteiger partial charge is 0.264 e. The van der Waals surface area contributed by atoms with E-state index in [2.05, 4.69) is 27.2 Å². The number of aryl methyl sites for hydroxylation is 1. The van der Waals surface area contributed by atoms with Crippen molar-refractivity contribution >= 4 is 11.7 Å². The Balaban J connectivity index is 1.85. The molecular formula is C20H19N5O3. The Labute approximate surface area is 160 Å². The number of H-pyrrole nitrogens is 1. The molecule has 2 N–H and O–H groups in total. The number of para-hydroxylation sites is 1. The van der Waals surface area contributed by atoms with Crippen LogP contribution in [0.4, 0.5) is 5.82 Å². The van der Waals surface area contributed by atoms with Gasteiger partial charge in [0.15, 0.2) is 5.82 Å². The third kappa shape index (κ3) is 3.09. The Morgan fingerprint density at radius 3 is 2.86 bits per heavy atom. The molecule has 1 amide bonds. The maximum Gasteiger partial charge on any atom is 0.264 e. The van der Waals surface area contributed by atoms with Gasteiger partial charge in [0.25, 0.3) is 5.56 Å². The van der Waals surface area contributed by atoms with E-state index in [0.29, 0.717) is 24.0 Å². The molecule has 0 saturated heterocycles. The molecule has 0 bridgehead atoms. The summed E-state index contributed by atoms with van der Waals surface area (Å²) in [5.41, 5.74) is 2.28. The first kappa shape index (κ1) is 17.7. The van der Waals surface area contributed by atoms with Gasteiger partial charge in [-0.25, -0.2) is 5.10 Å². The second-order valence-corrected chi connectivity index (χ2v) is 6.48. The van der Waals surface area contributed by atoms with Crippen LogP contribution in [0.2, 0.25) is 0 Å². The second kappa shape index (κ2) is 7.15. The molecule has 142 valence electrons. The molecule has 4 rings (SSSR count). The van der Waals surface area contributed by atoms with Gasteiger partial charge in [0.1, 0.15) is 18.2 Å². The van der Waals surface area contributed by atoms with Crippen molar-refractivity contribution in [3.63, 3.8) is 0 Å². The molecule has 2 aromatic heterocycles. The minimum Gasteiger partial charge on any atom is -0.489 e. The summed E-state index contributed by atoms with van der Waals surface area (Å²) in [6.45, 7) is 5.95. The van der Waals surface area contributed by atoms with Crippen LogP contribution in [0.3, 0.4) is 0 Å². The fraction of sp³-hybridized carbons (Fsp3) is 0.200. The minimum atomic E-state index is -0.309. The average Bonchev–Trinajstić information content (AvgIpc) is 3.03. The summed E-state index contributed by atoms with van der Waals surface area (Å²) in [7, 11) is 0. The summed E-state index contributed by atoms with van der Waals surface area (Å²) >= 11 is 0. The number of fused-ring (bicyclic) bond motifs is 1. The van der Waals surface area contributed by atoms with Gasteiger partial charge in [0.05, 0.1) is 5.69 Å². The van der Waals surface area contributed by atoms with Gasteiger partial charge >= 0.3 is 0 Å². The molecule has 1 atom stereocenters. The molecule has 8 heteroatoms. The number of benzene rings is 1. The lowest BCUT2D eigenvalue weighted by atomic mass is 9.85. The Hall–Kier alpha value is -3.68. The molecular weight excluding hydrogens is 358 g/mol. The predicted molar refractivity (Wildman–Crippen MR) is 104 cm³/mol. The third-order valence-corrected chi connectivity index (χ3v) is 4.64. The van der Waals surface area contributed by atoms with E-state index in [4.69, 9.17) is 4.74 Å². The first-order valence-electron chi connectivity index (χ1n) is 8.86. The summed E-state index contributed by atoms with van der Waals surface area (Å²) in [6, 6.07) is 10.6. The van der Waals surface area contributed by atoms with E-state index in [-0.39, 0.29) is 23.8 Å². The average molecular weight is 377 g/mol. The lowest BCUT2D eigenvalue weighted by molar-refractivity contribution is -0.116. The van der Waals surface area contributed by atoms with Gasteiger partial charge in [0, 0.05) is 29.5 Å². The van der Waals surface area contributed by atoms with E-state index >= 15 is 0 Å². The van der Waals surface area contributed by atoms with Gasteiger partial charge in [-0.15, -0.1) is 0 Å².